The average molecular weight is 694 g/mol. The van der Waals surface area contributed by atoms with Gasteiger partial charge in [-0.1, -0.05) is 133 Å². The summed E-state index contributed by atoms with van der Waals surface area (Å²) < 4.78 is 8.87. The van der Waals surface area contributed by atoms with Gasteiger partial charge in [0.2, 0.25) is 0 Å². The molecule has 0 amide bonds. The van der Waals surface area contributed by atoms with E-state index in [1.165, 1.54) is 58.5 Å². The van der Waals surface area contributed by atoms with Crippen molar-refractivity contribution in [3.63, 3.8) is 0 Å². The van der Waals surface area contributed by atoms with Crippen molar-refractivity contribution in [2.24, 2.45) is 0 Å². The minimum Gasteiger partial charge on any atom is -0.456 e. The minimum atomic E-state index is 0.904. The van der Waals surface area contributed by atoms with E-state index in [9.17, 15) is 0 Å². The van der Waals surface area contributed by atoms with Gasteiger partial charge >= 0.3 is 0 Å². The van der Waals surface area contributed by atoms with Crippen LogP contribution in [0.1, 0.15) is 0 Å². The zero-order valence-electron chi connectivity index (χ0n) is 28.7. The summed E-state index contributed by atoms with van der Waals surface area (Å²) in [6.07, 6.45) is 0. The lowest BCUT2D eigenvalue weighted by atomic mass is 9.90. The highest BCUT2D eigenvalue weighted by molar-refractivity contribution is 7.25. The number of anilines is 3. The molecule has 0 bridgehead atoms. The number of hydrogen-bond donors (Lipinski definition) is 0. The second-order valence-electron chi connectivity index (χ2n) is 13.7. The summed E-state index contributed by atoms with van der Waals surface area (Å²) in [6, 6.07) is 68.2. The Kier molecular flexibility index (Phi) is 6.76. The van der Waals surface area contributed by atoms with Gasteiger partial charge in [-0.05, 0) is 87.4 Å². The van der Waals surface area contributed by atoms with Crippen molar-refractivity contribution in [3.8, 4) is 22.3 Å². The zero-order chi connectivity index (χ0) is 34.9. The van der Waals surface area contributed by atoms with E-state index >= 15 is 0 Å². The molecule has 3 heteroatoms. The first-order valence-electron chi connectivity index (χ1n) is 18.0. The lowest BCUT2D eigenvalue weighted by Gasteiger charge is -2.31. The number of rotatable bonds is 5. The molecular weight excluding hydrogens is 663 g/mol. The fraction of sp³-hybridized carbons (Fsp3) is 0. The molecular formula is C50H31NOS. The molecule has 0 fully saturated rings. The number of para-hydroxylation sites is 1. The van der Waals surface area contributed by atoms with Crippen LogP contribution in [0.2, 0.25) is 0 Å². The maximum Gasteiger partial charge on any atom is 0.136 e. The number of nitrogens with zero attached hydrogens (tertiary/aromatic N) is 1. The van der Waals surface area contributed by atoms with E-state index in [0.29, 0.717) is 0 Å². The van der Waals surface area contributed by atoms with E-state index in [4.69, 9.17) is 4.42 Å². The van der Waals surface area contributed by atoms with E-state index in [2.05, 4.69) is 181 Å². The highest BCUT2D eigenvalue weighted by atomic mass is 32.1. The van der Waals surface area contributed by atoms with E-state index in [1.807, 2.05) is 23.5 Å². The van der Waals surface area contributed by atoms with Gasteiger partial charge < -0.3 is 9.32 Å². The van der Waals surface area contributed by atoms with Gasteiger partial charge in [-0.3, -0.25) is 0 Å². The molecule has 2 aromatic heterocycles. The molecule has 0 unspecified atom stereocenters. The summed E-state index contributed by atoms with van der Waals surface area (Å²) in [5, 5.41) is 9.77. The van der Waals surface area contributed by atoms with E-state index in [1.54, 1.807) is 0 Å². The number of benzene rings is 9. The molecule has 0 saturated carbocycles. The third-order valence-electron chi connectivity index (χ3n) is 10.6. The Morgan fingerprint density at radius 3 is 1.74 bits per heavy atom. The fourth-order valence-corrected chi connectivity index (χ4v) is 9.31. The van der Waals surface area contributed by atoms with E-state index in [0.717, 1.165) is 44.4 Å². The maximum absolute atomic E-state index is 6.28. The third-order valence-corrected chi connectivity index (χ3v) is 11.8. The maximum atomic E-state index is 6.28. The summed E-state index contributed by atoms with van der Waals surface area (Å²) in [4.78, 5) is 2.48. The summed E-state index contributed by atoms with van der Waals surface area (Å²) in [5.74, 6) is 0. The molecule has 11 aromatic rings. The molecule has 53 heavy (non-hydrogen) atoms. The quantitative estimate of drug-likeness (QED) is 0.167. The van der Waals surface area contributed by atoms with Crippen LogP contribution in [-0.4, -0.2) is 0 Å². The van der Waals surface area contributed by atoms with Crippen molar-refractivity contribution < 1.29 is 4.42 Å². The lowest BCUT2D eigenvalue weighted by molar-refractivity contribution is 0.669. The summed E-state index contributed by atoms with van der Waals surface area (Å²) in [5.41, 5.74) is 9.87. The Morgan fingerprint density at radius 2 is 0.925 bits per heavy atom. The fourth-order valence-electron chi connectivity index (χ4n) is 8.22. The van der Waals surface area contributed by atoms with Crippen molar-refractivity contribution in [1.82, 2.24) is 0 Å². The second kappa shape index (κ2) is 11.9. The molecule has 9 aromatic carbocycles. The van der Waals surface area contributed by atoms with Crippen LogP contribution in [0.25, 0.3) is 85.9 Å². The molecule has 0 atom stereocenters. The van der Waals surface area contributed by atoms with Gasteiger partial charge in [-0.15, -0.1) is 11.3 Å². The Balaban J connectivity index is 1.17. The molecule has 0 aliphatic carbocycles. The average Bonchev–Trinajstić information content (AvgIpc) is 3.79. The van der Waals surface area contributed by atoms with Crippen LogP contribution >= 0.6 is 11.3 Å². The van der Waals surface area contributed by atoms with Crippen LogP contribution in [0.15, 0.2) is 192 Å². The molecule has 0 aliphatic heterocycles. The number of furan rings is 1. The molecule has 0 radical (unpaired) electrons. The molecule has 0 aliphatic rings. The lowest BCUT2D eigenvalue weighted by Crippen LogP contribution is -2.12. The second-order valence-corrected chi connectivity index (χ2v) is 14.7. The Bertz CT molecular complexity index is 3170. The zero-order valence-corrected chi connectivity index (χ0v) is 29.5. The first kappa shape index (κ1) is 30.0. The van der Waals surface area contributed by atoms with Gasteiger partial charge in [0, 0.05) is 53.3 Å². The monoisotopic (exact) mass is 693 g/mol. The standard InChI is InChI=1S/C50H31NOS/c1-2-12-33(13-3-1)49-42-18-6-4-14-37(42)38-15-5-7-19-43(38)50(49)51(36-27-29-48-44(31-36)41-17-9-11-21-47(41)53-48)35-25-22-32(23-26-35)34-24-28-40-39-16-8-10-20-45(39)52-46(40)30-34/h1-31H. The van der Waals surface area contributed by atoms with Crippen LogP contribution in [0.4, 0.5) is 17.1 Å². The van der Waals surface area contributed by atoms with Crippen molar-refractivity contribution in [3.05, 3.63) is 188 Å². The largest absolute Gasteiger partial charge is 0.456 e. The molecule has 0 spiro atoms. The van der Waals surface area contributed by atoms with Crippen molar-refractivity contribution in [2.45, 2.75) is 0 Å². The van der Waals surface area contributed by atoms with Crippen LogP contribution in [0.3, 0.4) is 0 Å². The smallest absolute Gasteiger partial charge is 0.136 e. The van der Waals surface area contributed by atoms with Gasteiger partial charge in [0.25, 0.3) is 0 Å². The molecule has 11 rings (SSSR count). The van der Waals surface area contributed by atoms with Gasteiger partial charge in [-0.2, -0.15) is 0 Å². The van der Waals surface area contributed by atoms with Crippen LogP contribution in [0.5, 0.6) is 0 Å². The van der Waals surface area contributed by atoms with Gasteiger partial charge in [-0.25, -0.2) is 0 Å². The Labute approximate surface area is 310 Å². The van der Waals surface area contributed by atoms with Gasteiger partial charge in [0.15, 0.2) is 0 Å². The summed E-state index contributed by atoms with van der Waals surface area (Å²) >= 11 is 1.85. The molecule has 0 saturated heterocycles. The molecule has 2 nitrogen and oxygen atoms in total. The summed E-state index contributed by atoms with van der Waals surface area (Å²) in [6.45, 7) is 0. The van der Waals surface area contributed by atoms with Crippen LogP contribution < -0.4 is 4.90 Å². The normalized spacial score (nSPS) is 11.8. The SMILES string of the molecule is c1ccc(-c2c(N(c3ccc(-c4ccc5c(c4)oc4ccccc45)cc3)c3ccc4sc5ccccc5c4c3)c3ccccc3c3ccccc23)cc1. The predicted octanol–water partition coefficient (Wildman–Crippen LogP) is 15.1. The van der Waals surface area contributed by atoms with E-state index < -0.39 is 0 Å². The molecule has 248 valence electrons. The Morgan fingerprint density at radius 1 is 0.340 bits per heavy atom. The van der Waals surface area contributed by atoms with Crippen LogP contribution in [0, 0.1) is 0 Å². The Hall–Kier alpha value is -6.68. The van der Waals surface area contributed by atoms with Gasteiger partial charge in [0.05, 0.1) is 5.69 Å². The number of hydrogen-bond acceptors (Lipinski definition) is 3. The highest BCUT2D eigenvalue weighted by Crippen LogP contribution is 2.50. The van der Waals surface area contributed by atoms with Crippen LogP contribution in [-0.2, 0) is 0 Å². The third kappa shape index (κ3) is 4.78. The van der Waals surface area contributed by atoms with E-state index in [-0.39, 0.29) is 0 Å². The highest BCUT2D eigenvalue weighted by Gasteiger charge is 2.24. The molecule has 2 heterocycles. The topological polar surface area (TPSA) is 16.4 Å². The number of thiophene rings is 1. The van der Waals surface area contributed by atoms with Gasteiger partial charge in [0.1, 0.15) is 11.2 Å². The predicted molar refractivity (Wildman–Crippen MR) is 227 cm³/mol. The first-order valence-corrected chi connectivity index (χ1v) is 18.8. The molecule has 0 N–H and O–H groups in total. The van der Waals surface area contributed by atoms with Crippen molar-refractivity contribution in [1.29, 1.82) is 0 Å². The first-order chi connectivity index (χ1) is 26.3. The summed E-state index contributed by atoms with van der Waals surface area (Å²) in [7, 11) is 0. The minimum absolute atomic E-state index is 0.904. The van der Waals surface area contributed by atoms with Crippen molar-refractivity contribution in [2.75, 3.05) is 4.90 Å². The van der Waals surface area contributed by atoms with Crippen molar-refractivity contribution >= 4 is 92.1 Å². The number of fused-ring (bicyclic) bond motifs is 9.